The molecule has 0 atom stereocenters. The Kier molecular flexibility index (Phi) is 4.26. The molecule has 8 heteroatoms. The van der Waals surface area contributed by atoms with E-state index in [1.54, 1.807) is 12.1 Å². The van der Waals surface area contributed by atoms with Crippen LogP contribution in [0.3, 0.4) is 0 Å². The third kappa shape index (κ3) is 3.11. The van der Waals surface area contributed by atoms with Gasteiger partial charge in [-0.15, -0.1) is 0 Å². The van der Waals surface area contributed by atoms with E-state index in [9.17, 15) is 14.0 Å². The zero-order chi connectivity index (χ0) is 17.4. The number of aromatic nitrogens is 2. The van der Waals surface area contributed by atoms with Gasteiger partial charge in [0, 0.05) is 28.7 Å². The van der Waals surface area contributed by atoms with E-state index in [0.717, 1.165) is 16.7 Å². The topological polar surface area (TPSA) is 64.0 Å². The summed E-state index contributed by atoms with van der Waals surface area (Å²) in [6.45, 7) is 1.23. The normalized spacial score (nSPS) is 10.8. The molecule has 0 spiro atoms. The first-order valence-corrected chi connectivity index (χ1v) is 7.57. The van der Waals surface area contributed by atoms with Crippen LogP contribution in [0.5, 0.6) is 0 Å². The second kappa shape index (κ2) is 6.22. The number of fused-ring (bicyclic) bond motifs is 1. The summed E-state index contributed by atoms with van der Waals surface area (Å²) in [7, 11) is 0. The Morgan fingerprint density at radius 2 is 1.83 bits per heavy atom. The van der Waals surface area contributed by atoms with Crippen LogP contribution in [0, 0.1) is 5.82 Å². The Hall–Kier alpha value is -2.44. The molecule has 0 radical (unpaired) electrons. The van der Waals surface area contributed by atoms with Crippen molar-refractivity contribution in [3.05, 3.63) is 62.6 Å². The van der Waals surface area contributed by atoms with Crippen molar-refractivity contribution in [3.63, 3.8) is 0 Å². The summed E-state index contributed by atoms with van der Waals surface area (Å²) in [5, 5.41) is 3.71. The number of anilines is 2. The highest BCUT2D eigenvalue weighted by Crippen LogP contribution is 2.25. The van der Waals surface area contributed by atoms with E-state index in [1.807, 2.05) is 0 Å². The third-order valence-electron chi connectivity index (χ3n) is 3.27. The predicted molar refractivity (Wildman–Crippen MR) is 92.0 cm³/mol. The lowest BCUT2D eigenvalue weighted by Gasteiger charge is -2.13. The zero-order valence-electron chi connectivity index (χ0n) is 12.3. The van der Waals surface area contributed by atoms with E-state index in [4.69, 9.17) is 23.2 Å². The number of hydrogen-bond donors (Lipinski definition) is 1. The Balaban J connectivity index is 2.23. The molecule has 0 aliphatic rings. The number of rotatable bonds is 2. The van der Waals surface area contributed by atoms with Gasteiger partial charge in [-0.2, -0.15) is 0 Å². The summed E-state index contributed by atoms with van der Waals surface area (Å²) < 4.78 is 14.3. The number of hydrogen-bond acceptors (Lipinski definition) is 4. The van der Waals surface area contributed by atoms with E-state index in [1.165, 1.54) is 19.1 Å². The summed E-state index contributed by atoms with van der Waals surface area (Å²) in [5.74, 6) is -1.12. The number of benzene rings is 2. The second-order valence-electron chi connectivity index (χ2n) is 5.04. The molecule has 0 unspecified atom stereocenters. The number of carbonyl (C=O) groups is 1. The fourth-order valence-corrected chi connectivity index (χ4v) is 2.82. The van der Waals surface area contributed by atoms with Gasteiger partial charge in [0.25, 0.3) is 5.56 Å². The average molecular weight is 366 g/mol. The van der Waals surface area contributed by atoms with Gasteiger partial charge in [0.05, 0.1) is 10.9 Å². The Labute approximate surface area is 145 Å². The van der Waals surface area contributed by atoms with Crippen LogP contribution in [0.25, 0.3) is 10.9 Å². The number of nitrogens with one attached hydrogen (secondary N) is 1. The molecular weight excluding hydrogens is 356 g/mol. The Morgan fingerprint density at radius 1 is 1.17 bits per heavy atom. The van der Waals surface area contributed by atoms with Gasteiger partial charge in [-0.1, -0.05) is 23.2 Å². The van der Waals surface area contributed by atoms with Crippen LogP contribution in [0.4, 0.5) is 16.0 Å². The first-order chi connectivity index (χ1) is 11.3. The minimum absolute atomic E-state index is 0.0519. The van der Waals surface area contributed by atoms with E-state index in [2.05, 4.69) is 10.3 Å². The monoisotopic (exact) mass is 365 g/mol. The Bertz CT molecular complexity index is 1010. The number of carbonyl (C=O) groups excluding carboxylic acids is 1. The third-order valence-corrected chi connectivity index (χ3v) is 3.70. The molecule has 2 aromatic carbocycles. The van der Waals surface area contributed by atoms with Crippen molar-refractivity contribution in [2.75, 3.05) is 5.32 Å². The van der Waals surface area contributed by atoms with Crippen LogP contribution in [0.2, 0.25) is 10.0 Å². The van der Waals surface area contributed by atoms with Gasteiger partial charge in [-0.3, -0.25) is 9.59 Å². The van der Waals surface area contributed by atoms with Gasteiger partial charge in [0.2, 0.25) is 11.9 Å². The molecule has 0 saturated carbocycles. The number of nitrogens with zero attached hydrogens (tertiary/aromatic N) is 2. The van der Waals surface area contributed by atoms with Crippen molar-refractivity contribution in [3.8, 4) is 0 Å². The minimum atomic E-state index is -0.594. The summed E-state index contributed by atoms with van der Waals surface area (Å²) in [6, 6.07) is 8.20. The quantitative estimate of drug-likeness (QED) is 0.737. The van der Waals surface area contributed by atoms with Crippen LogP contribution in [0.1, 0.15) is 11.7 Å². The van der Waals surface area contributed by atoms with Crippen molar-refractivity contribution in [1.82, 2.24) is 9.55 Å². The van der Waals surface area contributed by atoms with Gasteiger partial charge in [0.15, 0.2) is 0 Å². The van der Waals surface area contributed by atoms with Gasteiger partial charge < -0.3 is 5.32 Å². The molecule has 3 rings (SSSR count). The molecule has 0 saturated heterocycles. The maximum atomic E-state index is 13.4. The lowest BCUT2D eigenvalue weighted by molar-refractivity contribution is 0.0934. The smallest absolute Gasteiger partial charge is 0.269 e. The highest BCUT2D eigenvalue weighted by molar-refractivity contribution is 6.35. The molecular formula is C16H10Cl2FN3O2. The summed E-state index contributed by atoms with van der Waals surface area (Å²) in [4.78, 5) is 28.6. The molecule has 0 amide bonds. The summed E-state index contributed by atoms with van der Waals surface area (Å²) >= 11 is 11.9. The molecule has 1 aromatic heterocycles. The first-order valence-electron chi connectivity index (χ1n) is 6.81. The molecule has 5 nitrogen and oxygen atoms in total. The fraction of sp³-hybridized carbons (Fsp3) is 0.0625. The average Bonchev–Trinajstić information content (AvgIpc) is 2.45. The highest BCUT2D eigenvalue weighted by atomic mass is 35.5. The molecule has 0 aliphatic heterocycles. The van der Waals surface area contributed by atoms with Crippen molar-refractivity contribution >= 4 is 51.6 Å². The van der Waals surface area contributed by atoms with Crippen LogP contribution < -0.4 is 10.9 Å². The molecule has 3 aromatic rings. The van der Waals surface area contributed by atoms with Crippen molar-refractivity contribution in [2.24, 2.45) is 0 Å². The second-order valence-corrected chi connectivity index (χ2v) is 5.91. The zero-order valence-corrected chi connectivity index (χ0v) is 13.8. The maximum absolute atomic E-state index is 13.4. The van der Waals surface area contributed by atoms with Crippen molar-refractivity contribution < 1.29 is 9.18 Å². The van der Waals surface area contributed by atoms with E-state index in [0.29, 0.717) is 15.7 Å². The SMILES string of the molecule is CC(=O)n1c(Nc2cc(Cl)cc(Cl)c2)nc2cc(F)ccc2c1=O. The molecule has 0 fully saturated rings. The summed E-state index contributed by atoms with van der Waals surface area (Å²) in [5.41, 5.74) is -0.0265. The molecule has 24 heavy (non-hydrogen) atoms. The van der Waals surface area contributed by atoms with Gasteiger partial charge in [0.1, 0.15) is 5.82 Å². The molecule has 0 aliphatic carbocycles. The van der Waals surface area contributed by atoms with E-state index in [-0.39, 0.29) is 16.9 Å². The maximum Gasteiger partial charge on any atom is 0.269 e. The van der Waals surface area contributed by atoms with E-state index >= 15 is 0 Å². The van der Waals surface area contributed by atoms with Crippen molar-refractivity contribution in [2.45, 2.75) is 6.92 Å². The van der Waals surface area contributed by atoms with E-state index < -0.39 is 17.3 Å². The molecule has 0 bridgehead atoms. The molecule has 122 valence electrons. The van der Waals surface area contributed by atoms with Crippen molar-refractivity contribution in [1.29, 1.82) is 0 Å². The minimum Gasteiger partial charge on any atom is -0.325 e. The van der Waals surface area contributed by atoms with Crippen LogP contribution in [-0.2, 0) is 0 Å². The summed E-state index contributed by atoms with van der Waals surface area (Å²) in [6.07, 6.45) is 0. The fourth-order valence-electron chi connectivity index (χ4n) is 2.29. The van der Waals surface area contributed by atoms with Gasteiger partial charge in [-0.05, 0) is 30.3 Å². The lowest BCUT2D eigenvalue weighted by atomic mass is 10.2. The van der Waals surface area contributed by atoms with Gasteiger partial charge >= 0.3 is 0 Å². The molecule has 1 heterocycles. The van der Waals surface area contributed by atoms with Crippen LogP contribution >= 0.6 is 23.2 Å². The lowest BCUT2D eigenvalue weighted by Crippen LogP contribution is -2.28. The predicted octanol–water partition coefficient (Wildman–Crippen LogP) is 4.25. The largest absolute Gasteiger partial charge is 0.325 e. The van der Waals surface area contributed by atoms with Crippen LogP contribution in [0.15, 0.2) is 41.2 Å². The highest BCUT2D eigenvalue weighted by Gasteiger charge is 2.15. The number of halogens is 3. The molecule has 1 N–H and O–H groups in total. The van der Waals surface area contributed by atoms with Crippen LogP contribution in [-0.4, -0.2) is 15.5 Å². The van der Waals surface area contributed by atoms with Gasteiger partial charge in [-0.25, -0.2) is 13.9 Å². The first kappa shape index (κ1) is 16.4. The Morgan fingerprint density at radius 3 is 2.46 bits per heavy atom. The standard InChI is InChI=1S/C16H10Cl2FN3O2/c1-8(23)22-15(24)13-3-2-11(19)7-14(13)21-16(22)20-12-5-9(17)4-10(18)6-12/h2-7H,1H3,(H,20,21).